The Labute approximate surface area is 172 Å². The predicted octanol–water partition coefficient (Wildman–Crippen LogP) is 2.23. The monoisotopic (exact) mass is 425 g/mol. The number of urea groups is 1. The minimum atomic E-state index is -0.918. The number of fused-ring (bicyclic) bond motifs is 1. The Kier molecular flexibility index (Phi) is 4.70. The molecule has 1 aromatic heterocycles. The SMILES string of the molecule is Nc1c2c(cc(=O)n1-c1ccc(NC(=O)Nc3ccc(F)cc3)cc1F)C(=O)NC2=O. The van der Waals surface area contributed by atoms with Crippen LogP contribution in [0, 0.1) is 11.6 Å². The highest BCUT2D eigenvalue weighted by Gasteiger charge is 2.32. The minimum absolute atomic E-state index is 0.0570. The van der Waals surface area contributed by atoms with Crippen LogP contribution in [0.4, 0.5) is 30.8 Å². The first-order valence-electron chi connectivity index (χ1n) is 8.79. The molecule has 4 rings (SSSR count). The second kappa shape index (κ2) is 7.37. The van der Waals surface area contributed by atoms with Crippen molar-refractivity contribution >= 4 is 35.0 Å². The summed E-state index contributed by atoms with van der Waals surface area (Å²) in [5, 5.41) is 6.86. The van der Waals surface area contributed by atoms with Gasteiger partial charge in [-0.2, -0.15) is 0 Å². The van der Waals surface area contributed by atoms with Crippen LogP contribution in [-0.2, 0) is 0 Å². The Morgan fingerprint density at radius 3 is 2.23 bits per heavy atom. The van der Waals surface area contributed by atoms with Crippen molar-refractivity contribution in [2.75, 3.05) is 16.4 Å². The molecule has 0 aliphatic carbocycles. The van der Waals surface area contributed by atoms with E-state index in [4.69, 9.17) is 5.73 Å². The van der Waals surface area contributed by atoms with Crippen molar-refractivity contribution in [2.24, 2.45) is 0 Å². The molecule has 0 fully saturated rings. The van der Waals surface area contributed by atoms with E-state index in [0.29, 0.717) is 5.69 Å². The van der Waals surface area contributed by atoms with Crippen LogP contribution in [0.15, 0.2) is 53.3 Å². The molecular weight excluding hydrogens is 412 g/mol. The van der Waals surface area contributed by atoms with Gasteiger partial charge in [0.05, 0.1) is 16.8 Å². The summed E-state index contributed by atoms with van der Waals surface area (Å²) in [7, 11) is 0. The van der Waals surface area contributed by atoms with Crippen molar-refractivity contribution in [1.29, 1.82) is 0 Å². The molecular formula is C20H13F2N5O4. The fraction of sp³-hybridized carbons (Fsp3) is 0. The van der Waals surface area contributed by atoms with Crippen molar-refractivity contribution in [3.63, 3.8) is 0 Å². The largest absolute Gasteiger partial charge is 0.384 e. The van der Waals surface area contributed by atoms with Gasteiger partial charge in [-0.1, -0.05) is 0 Å². The number of aromatic nitrogens is 1. The zero-order valence-electron chi connectivity index (χ0n) is 15.5. The molecule has 9 nitrogen and oxygen atoms in total. The second-order valence-electron chi connectivity index (χ2n) is 6.53. The Morgan fingerprint density at radius 2 is 1.55 bits per heavy atom. The first-order chi connectivity index (χ1) is 14.7. The molecule has 0 atom stereocenters. The van der Waals surface area contributed by atoms with Gasteiger partial charge >= 0.3 is 6.03 Å². The third-order valence-corrected chi connectivity index (χ3v) is 4.50. The average Bonchev–Trinajstić information content (AvgIpc) is 2.98. The number of hydrogen-bond acceptors (Lipinski definition) is 5. The number of halogens is 2. The predicted molar refractivity (Wildman–Crippen MR) is 107 cm³/mol. The summed E-state index contributed by atoms with van der Waals surface area (Å²) >= 11 is 0. The van der Waals surface area contributed by atoms with Crippen LogP contribution >= 0.6 is 0 Å². The van der Waals surface area contributed by atoms with Crippen molar-refractivity contribution in [3.05, 3.63) is 81.6 Å². The van der Waals surface area contributed by atoms with Crippen LogP contribution in [0.3, 0.4) is 0 Å². The molecule has 0 saturated heterocycles. The van der Waals surface area contributed by atoms with E-state index in [1.54, 1.807) is 0 Å². The van der Waals surface area contributed by atoms with Gasteiger partial charge in [0.25, 0.3) is 17.4 Å². The third-order valence-electron chi connectivity index (χ3n) is 4.50. The van der Waals surface area contributed by atoms with Crippen LogP contribution in [0.2, 0.25) is 0 Å². The topological polar surface area (TPSA) is 135 Å². The molecule has 31 heavy (non-hydrogen) atoms. The summed E-state index contributed by atoms with van der Waals surface area (Å²) in [6.45, 7) is 0. The molecule has 156 valence electrons. The molecule has 0 radical (unpaired) electrons. The highest BCUT2D eigenvalue weighted by Crippen LogP contribution is 2.25. The molecule has 3 aromatic rings. The van der Waals surface area contributed by atoms with Gasteiger partial charge in [0.15, 0.2) is 0 Å². The fourth-order valence-corrected chi connectivity index (χ4v) is 3.12. The first kappa shape index (κ1) is 19.8. The lowest BCUT2D eigenvalue weighted by molar-refractivity contribution is 0.0880. The van der Waals surface area contributed by atoms with Gasteiger partial charge in [-0.15, -0.1) is 0 Å². The average molecular weight is 425 g/mol. The number of imide groups is 1. The van der Waals surface area contributed by atoms with Crippen LogP contribution in [0.5, 0.6) is 0 Å². The molecule has 1 aliphatic rings. The zero-order chi connectivity index (χ0) is 22.3. The fourth-order valence-electron chi connectivity index (χ4n) is 3.12. The molecule has 1 aliphatic heterocycles. The number of nitrogen functional groups attached to an aromatic ring is 1. The highest BCUT2D eigenvalue weighted by atomic mass is 19.1. The molecule has 11 heteroatoms. The number of rotatable bonds is 3. The van der Waals surface area contributed by atoms with E-state index in [1.807, 2.05) is 5.32 Å². The van der Waals surface area contributed by atoms with Crippen LogP contribution in [-0.4, -0.2) is 22.4 Å². The van der Waals surface area contributed by atoms with Gasteiger partial charge in [0, 0.05) is 17.4 Å². The highest BCUT2D eigenvalue weighted by molar-refractivity contribution is 6.23. The Morgan fingerprint density at radius 1 is 0.903 bits per heavy atom. The van der Waals surface area contributed by atoms with Gasteiger partial charge in [-0.25, -0.2) is 13.6 Å². The van der Waals surface area contributed by atoms with Crippen LogP contribution < -0.4 is 27.2 Å². The summed E-state index contributed by atoms with van der Waals surface area (Å²) in [5.74, 6) is -3.32. The zero-order valence-corrected chi connectivity index (χ0v) is 15.5. The summed E-state index contributed by atoms with van der Waals surface area (Å²) in [6.07, 6.45) is 0. The summed E-state index contributed by atoms with van der Waals surface area (Å²) in [5.41, 5.74) is 4.77. The van der Waals surface area contributed by atoms with E-state index in [-0.39, 0.29) is 28.3 Å². The number of anilines is 3. The number of nitrogens with zero attached hydrogens (tertiary/aromatic N) is 1. The van der Waals surface area contributed by atoms with E-state index >= 15 is 0 Å². The molecule has 0 saturated carbocycles. The maximum atomic E-state index is 14.7. The molecule has 5 N–H and O–H groups in total. The van der Waals surface area contributed by atoms with E-state index < -0.39 is 35.0 Å². The maximum absolute atomic E-state index is 14.7. The lowest BCUT2D eigenvalue weighted by Crippen LogP contribution is -2.25. The number of nitrogens with two attached hydrogens (primary N) is 1. The molecule has 4 amide bonds. The van der Waals surface area contributed by atoms with Gasteiger partial charge in [0.2, 0.25) is 0 Å². The van der Waals surface area contributed by atoms with Gasteiger partial charge < -0.3 is 16.4 Å². The number of amides is 4. The summed E-state index contributed by atoms with van der Waals surface area (Å²) in [6, 6.07) is 8.66. The summed E-state index contributed by atoms with van der Waals surface area (Å²) in [4.78, 5) is 48.1. The number of carbonyl (C=O) groups excluding carboxylic acids is 3. The number of pyridine rings is 1. The van der Waals surface area contributed by atoms with Crippen LogP contribution in [0.1, 0.15) is 20.7 Å². The molecule has 0 spiro atoms. The van der Waals surface area contributed by atoms with Gasteiger partial charge in [-0.3, -0.25) is 24.3 Å². The molecule has 2 aromatic carbocycles. The Hall–Kier alpha value is -4.54. The smallest absolute Gasteiger partial charge is 0.323 e. The Balaban J connectivity index is 1.61. The number of benzene rings is 2. The summed E-state index contributed by atoms with van der Waals surface area (Å²) < 4.78 is 28.4. The van der Waals surface area contributed by atoms with Gasteiger partial charge in [-0.05, 0) is 42.5 Å². The van der Waals surface area contributed by atoms with E-state index in [0.717, 1.165) is 28.8 Å². The van der Waals surface area contributed by atoms with Crippen molar-refractivity contribution in [2.45, 2.75) is 0 Å². The normalized spacial score (nSPS) is 12.3. The van der Waals surface area contributed by atoms with Crippen molar-refractivity contribution in [3.8, 4) is 5.69 Å². The van der Waals surface area contributed by atoms with Crippen LogP contribution in [0.25, 0.3) is 5.69 Å². The number of nitrogens with one attached hydrogen (secondary N) is 3. The quantitative estimate of drug-likeness (QED) is 0.477. The van der Waals surface area contributed by atoms with E-state index in [9.17, 15) is 28.0 Å². The van der Waals surface area contributed by atoms with Gasteiger partial charge in [0.1, 0.15) is 17.5 Å². The van der Waals surface area contributed by atoms with Crippen molar-refractivity contribution < 1.29 is 23.2 Å². The molecule has 2 heterocycles. The second-order valence-corrected chi connectivity index (χ2v) is 6.53. The number of hydrogen-bond donors (Lipinski definition) is 4. The Bertz CT molecular complexity index is 1320. The third kappa shape index (κ3) is 3.59. The lowest BCUT2D eigenvalue weighted by Gasteiger charge is -2.14. The van der Waals surface area contributed by atoms with E-state index in [2.05, 4.69) is 10.6 Å². The standard InChI is InChI=1S/C20H13F2N5O4/c21-9-1-3-10(4-2-9)24-20(31)25-11-5-6-14(13(22)7-11)27-15(28)8-12-16(17(27)23)19(30)26-18(12)29/h1-8H,23H2,(H2,24,25,31)(H,26,29,30). The maximum Gasteiger partial charge on any atom is 0.323 e. The molecule has 0 unspecified atom stereocenters. The lowest BCUT2D eigenvalue weighted by atomic mass is 10.1. The number of carbonyl (C=O) groups is 3. The van der Waals surface area contributed by atoms with Crippen molar-refractivity contribution in [1.82, 2.24) is 9.88 Å². The first-order valence-corrected chi connectivity index (χ1v) is 8.79. The minimum Gasteiger partial charge on any atom is -0.384 e. The van der Waals surface area contributed by atoms with E-state index in [1.165, 1.54) is 24.3 Å². The molecule has 0 bridgehead atoms.